The molecule has 0 bridgehead atoms. The van der Waals surface area contributed by atoms with Gasteiger partial charge in [-0.25, -0.2) is 0 Å². The Hall–Kier alpha value is -2.14. The molecule has 140 valence electrons. The topological polar surface area (TPSA) is 60.9 Å². The molecule has 1 aliphatic carbocycles. The van der Waals surface area contributed by atoms with Gasteiger partial charge in [-0.1, -0.05) is 55.5 Å². The fraction of sp³-hybridized carbons (Fsp3) is 0.524. The Morgan fingerprint density at radius 3 is 2.23 bits per heavy atom. The van der Waals surface area contributed by atoms with Crippen LogP contribution in [0.15, 0.2) is 30.0 Å². The molecular weight excluding hydrogens is 328 g/mol. The summed E-state index contributed by atoms with van der Waals surface area (Å²) in [5.74, 6) is -0.404. The lowest BCUT2D eigenvalue weighted by Gasteiger charge is -2.26. The minimum absolute atomic E-state index is 0.0158. The fourth-order valence-electron chi connectivity index (χ4n) is 3.98. The molecule has 1 saturated carbocycles. The van der Waals surface area contributed by atoms with E-state index in [1.54, 1.807) is 11.9 Å². The number of hydrogen-bond acceptors (Lipinski definition) is 4. The maximum atomic E-state index is 13.3. The number of hydrogen-bond donors (Lipinski definition) is 1. The van der Waals surface area contributed by atoms with Gasteiger partial charge in [0.2, 0.25) is 0 Å². The largest absolute Gasteiger partial charge is 0.395 e. The van der Waals surface area contributed by atoms with Crippen molar-refractivity contribution in [3.05, 3.63) is 41.1 Å². The van der Waals surface area contributed by atoms with Gasteiger partial charge in [0.1, 0.15) is 5.70 Å². The van der Waals surface area contributed by atoms with Gasteiger partial charge in [-0.05, 0) is 25.3 Å². The van der Waals surface area contributed by atoms with Gasteiger partial charge in [0.05, 0.1) is 12.2 Å². The molecule has 0 radical (unpaired) electrons. The highest BCUT2D eigenvalue weighted by Crippen LogP contribution is 2.35. The summed E-state index contributed by atoms with van der Waals surface area (Å²) in [6.45, 7) is 2.25. The van der Waals surface area contributed by atoms with Gasteiger partial charge in [0, 0.05) is 19.6 Å². The number of aryl methyl sites for hydroxylation is 1. The van der Waals surface area contributed by atoms with Crippen LogP contribution in [0.1, 0.15) is 49.7 Å². The van der Waals surface area contributed by atoms with E-state index in [0.29, 0.717) is 17.8 Å². The van der Waals surface area contributed by atoms with Crippen molar-refractivity contribution in [3.63, 3.8) is 0 Å². The second-order valence-corrected chi connectivity index (χ2v) is 7.36. The predicted octanol–water partition coefficient (Wildman–Crippen LogP) is 2.72. The number of benzene rings is 1. The first-order chi connectivity index (χ1) is 12.5. The SMILES string of the molecule is Cc1ccc(C2=C(N(C)CCO)C(=O)N(C3CCCCCC3)C2=O)cc1. The van der Waals surface area contributed by atoms with Crippen molar-refractivity contribution < 1.29 is 14.7 Å². The van der Waals surface area contributed by atoms with Crippen LogP contribution in [-0.4, -0.2) is 53.0 Å². The molecule has 2 amide bonds. The van der Waals surface area contributed by atoms with Gasteiger partial charge >= 0.3 is 0 Å². The van der Waals surface area contributed by atoms with Gasteiger partial charge in [-0.3, -0.25) is 14.5 Å². The smallest absolute Gasteiger partial charge is 0.278 e. The van der Waals surface area contributed by atoms with E-state index in [1.165, 1.54) is 17.7 Å². The third-order valence-electron chi connectivity index (χ3n) is 5.44. The van der Waals surface area contributed by atoms with Crippen LogP contribution in [-0.2, 0) is 9.59 Å². The normalized spacial score (nSPS) is 19.3. The predicted molar refractivity (Wildman–Crippen MR) is 101 cm³/mol. The van der Waals surface area contributed by atoms with E-state index in [9.17, 15) is 14.7 Å². The molecule has 1 aromatic rings. The second kappa shape index (κ2) is 8.04. The zero-order valence-corrected chi connectivity index (χ0v) is 15.7. The van der Waals surface area contributed by atoms with Crippen LogP contribution in [0.2, 0.25) is 0 Å². The number of carbonyl (C=O) groups excluding carboxylic acids is 2. The molecule has 0 aromatic heterocycles. The number of rotatable bonds is 5. The molecule has 26 heavy (non-hydrogen) atoms. The van der Waals surface area contributed by atoms with Gasteiger partial charge in [0.15, 0.2) is 0 Å². The average Bonchev–Trinajstić information content (AvgIpc) is 2.79. The summed E-state index contributed by atoms with van der Waals surface area (Å²) in [7, 11) is 1.77. The van der Waals surface area contributed by atoms with E-state index < -0.39 is 0 Å². The van der Waals surface area contributed by atoms with Crippen molar-refractivity contribution >= 4 is 17.4 Å². The maximum absolute atomic E-state index is 13.3. The Kier molecular flexibility index (Phi) is 5.77. The Balaban J connectivity index is 2.01. The van der Waals surface area contributed by atoms with E-state index in [-0.39, 0.29) is 24.5 Å². The summed E-state index contributed by atoms with van der Waals surface area (Å²) in [6.07, 6.45) is 6.22. The second-order valence-electron chi connectivity index (χ2n) is 7.36. The molecule has 0 unspecified atom stereocenters. The van der Waals surface area contributed by atoms with E-state index >= 15 is 0 Å². The lowest BCUT2D eigenvalue weighted by Crippen LogP contribution is -2.42. The highest BCUT2D eigenvalue weighted by atomic mass is 16.3. The number of likely N-dealkylation sites (N-methyl/N-ethyl adjacent to an activating group) is 1. The van der Waals surface area contributed by atoms with Crippen LogP contribution in [0.3, 0.4) is 0 Å². The molecule has 0 spiro atoms. The van der Waals surface area contributed by atoms with Gasteiger partial charge < -0.3 is 10.0 Å². The monoisotopic (exact) mass is 356 g/mol. The molecule has 2 aliphatic rings. The lowest BCUT2D eigenvalue weighted by atomic mass is 10.0. The summed E-state index contributed by atoms with van der Waals surface area (Å²) in [6, 6.07) is 7.70. The van der Waals surface area contributed by atoms with E-state index in [2.05, 4.69) is 0 Å². The van der Waals surface area contributed by atoms with Crippen LogP contribution >= 0.6 is 0 Å². The Labute approximate surface area is 155 Å². The Morgan fingerprint density at radius 1 is 1.04 bits per heavy atom. The standard InChI is InChI=1S/C21H28N2O3/c1-15-9-11-16(12-10-15)18-19(22(2)13-14-24)21(26)23(20(18)25)17-7-5-3-4-6-8-17/h9-12,17,24H,3-8,13-14H2,1-2H3. The quantitative estimate of drug-likeness (QED) is 0.651. The zero-order chi connectivity index (χ0) is 18.7. The Morgan fingerprint density at radius 2 is 1.65 bits per heavy atom. The van der Waals surface area contributed by atoms with Crippen molar-refractivity contribution in [2.75, 3.05) is 20.2 Å². The van der Waals surface area contributed by atoms with Crippen molar-refractivity contribution in [1.29, 1.82) is 0 Å². The molecule has 0 atom stereocenters. The van der Waals surface area contributed by atoms with E-state index in [1.807, 2.05) is 31.2 Å². The first-order valence-corrected chi connectivity index (χ1v) is 9.55. The van der Waals surface area contributed by atoms with Crippen molar-refractivity contribution in [2.24, 2.45) is 0 Å². The minimum atomic E-state index is -0.214. The highest BCUT2D eigenvalue weighted by molar-refractivity contribution is 6.35. The molecule has 1 aliphatic heterocycles. The van der Waals surface area contributed by atoms with Gasteiger partial charge in [0.25, 0.3) is 11.8 Å². The lowest BCUT2D eigenvalue weighted by molar-refractivity contribution is -0.140. The van der Waals surface area contributed by atoms with Gasteiger partial charge in [-0.15, -0.1) is 0 Å². The summed E-state index contributed by atoms with van der Waals surface area (Å²) in [5, 5.41) is 9.32. The molecular formula is C21H28N2O3. The average molecular weight is 356 g/mol. The number of aliphatic hydroxyl groups is 1. The number of amides is 2. The Bertz CT molecular complexity index is 700. The van der Waals surface area contributed by atoms with Crippen molar-refractivity contribution in [2.45, 2.75) is 51.5 Å². The molecule has 1 heterocycles. The van der Waals surface area contributed by atoms with Crippen LogP contribution in [0.5, 0.6) is 0 Å². The van der Waals surface area contributed by atoms with Crippen molar-refractivity contribution in [1.82, 2.24) is 9.80 Å². The fourth-order valence-corrected chi connectivity index (χ4v) is 3.98. The molecule has 1 N–H and O–H groups in total. The molecule has 5 nitrogen and oxygen atoms in total. The molecule has 0 saturated heterocycles. The third kappa shape index (κ3) is 3.54. The van der Waals surface area contributed by atoms with E-state index in [0.717, 1.165) is 36.8 Å². The maximum Gasteiger partial charge on any atom is 0.278 e. The highest BCUT2D eigenvalue weighted by Gasteiger charge is 2.43. The third-order valence-corrected chi connectivity index (χ3v) is 5.44. The van der Waals surface area contributed by atoms with Crippen molar-refractivity contribution in [3.8, 4) is 0 Å². The van der Waals surface area contributed by atoms with E-state index in [4.69, 9.17) is 0 Å². The van der Waals surface area contributed by atoms with Crippen LogP contribution in [0, 0.1) is 6.92 Å². The minimum Gasteiger partial charge on any atom is -0.395 e. The number of carbonyl (C=O) groups is 2. The molecule has 3 rings (SSSR count). The summed E-state index contributed by atoms with van der Waals surface area (Å²) in [5.41, 5.74) is 2.76. The summed E-state index contributed by atoms with van der Waals surface area (Å²) in [4.78, 5) is 29.7. The number of nitrogens with zero attached hydrogens (tertiary/aromatic N) is 2. The van der Waals surface area contributed by atoms with Crippen LogP contribution in [0.4, 0.5) is 0 Å². The molecule has 1 fully saturated rings. The first-order valence-electron chi connectivity index (χ1n) is 9.55. The first kappa shape index (κ1) is 18.6. The number of imide groups is 1. The summed E-state index contributed by atoms with van der Waals surface area (Å²) >= 11 is 0. The number of aliphatic hydroxyl groups excluding tert-OH is 1. The summed E-state index contributed by atoms with van der Waals surface area (Å²) < 4.78 is 0. The van der Waals surface area contributed by atoms with Crippen LogP contribution < -0.4 is 0 Å². The van der Waals surface area contributed by atoms with Gasteiger partial charge in [-0.2, -0.15) is 0 Å². The van der Waals surface area contributed by atoms with Crippen LogP contribution in [0.25, 0.3) is 5.57 Å². The molecule has 1 aromatic carbocycles. The zero-order valence-electron chi connectivity index (χ0n) is 15.7. The molecule has 5 heteroatoms.